The van der Waals surface area contributed by atoms with Crippen LogP contribution in [0.25, 0.3) is 0 Å². The third-order valence-electron chi connectivity index (χ3n) is 5.78. The Hall–Kier alpha value is -3.20. The first-order valence-corrected chi connectivity index (χ1v) is 13.8. The van der Waals surface area contributed by atoms with Crippen molar-refractivity contribution in [1.29, 1.82) is 0 Å². The summed E-state index contributed by atoms with van der Waals surface area (Å²) in [5, 5.41) is 3.33. The van der Waals surface area contributed by atoms with Gasteiger partial charge in [0.1, 0.15) is 6.04 Å². The molecule has 0 heterocycles. The van der Waals surface area contributed by atoms with Crippen molar-refractivity contribution in [1.82, 2.24) is 14.5 Å². The van der Waals surface area contributed by atoms with Crippen LogP contribution in [0.1, 0.15) is 25.0 Å². The molecule has 3 aromatic rings. The van der Waals surface area contributed by atoms with Crippen molar-refractivity contribution in [3.05, 3.63) is 101 Å². The molecule has 0 aliphatic heterocycles. The minimum atomic E-state index is -3.95. The maximum Gasteiger partial charge on any atom is 0.243 e. The SMILES string of the molecule is CC(C)NC(=O)C(Cc1ccccc1)N(Cc1ccccc1)C(=O)CN(C)S(=O)(=O)c1ccc(Cl)cc1. The first-order chi connectivity index (χ1) is 17.6. The van der Waals surface area contributed by atoms with Gasteiger partial charge in [0.25, 0.3) is 0 Å². The number of sulfonamides is 1. The Morgan fingerprint density at radius 3 is 1.95 bits per heavy atom. The van der Waals surface area contributed by atoms with E-state index >= 15 is 0 Å². The van der Waals surface area contributed by atoms with Crippen molar-refractivity contribution in [3.8, 4) is 0 Å². The molecule has 196 valence electrons. The Morgan fingerprint density at radius 1 is 0.865 bits per heavy atom. The Labute approximate surface area is 224 Å². The average Bonchev–Trinajstić information content (AvgIpc) is 2.87. The first-order valence-electron chi connectivity index (χ1n) is 12.0. The van der Waals surface area contributed by atoms with E-state index in [2.05, 4.69) is 5.32 Å². The van der Waals surface area contributed by atoms with Crippen LogP contribution < -0.4 is 5.32 Å². The molecule has 0 fully saturated rings. The summed E-state index contributed by atoms with van der Waals surface area (Å²) in [6, 6.07) is 23.6. The van der Waals surface area contributed by atoms with E-state index in [1.54, 1.807) is 0 Å². The first kappa shape index (κ1) is 28.4. The topological polar surface area (TPSA) is 86.8 Å². The maximum atomic E-state index is 13.7. The molecular formula is C28H32ClN3O4S. The van der Waals surface area contributed by atoms with Gasteiger partial charge >= 0.3 is 0 Å². The van der Waals surface area contributed by atoms with E-state index in [1.807, 2.05) is 74.5 Å². The van der Waals surface area contributed by atoms with E-state index in [4.69, 9.17) is 11.6 Å². The summed E-state index contributed by atoms with van der Waals surface area (Å²) in [6.45, 7) is 3.43. The fourth-order valence-corrected chi connectivity index (χ4v) is 5.11. The third-order valence-corrected chi connectivity index (χ3v) is 7.85. The van der Waals surface area contributed by atoms with Gasteiger partial charge in [0.15, 0.2) is 0 Å². The van der Waals surface area contributed by atoms with Gasteiger partial charge in [-0.3, -0.25) is 9.59 Å². The number of nitrogens with one attached hydrogen (secondary N) is 1. The number of hydrogen-bond acceptors (Lipinski definition) is 4. The number of likely N-dealkylation sites (N-methyl/N-ethyl adjacent to an activating group) is 1. The smallest absolute Gasteiger partial charge is 0.243 e. The zero-order valence-corrected chi connectivity index (χ0v) is 22.7. The van der Waals surface area contributed by atoms with Gasteiger partial charge in [-0.2, -0.15) is 4.31 Å². The summed E-state index contributed by atoms with van der Waals surface area (Å²) in [6.07, 6.45) is 0.283. The second-order valence-corrected chi connectivity index (χ2v) is 11.6. The van der Waals surface area contributed by atoms with E-state index in [0.717, 1.165) is 15.4 Å². The second-order valence-electron chi connectivity index (χ2n) is 9.09. The Morgan fingerprint density at radius 2 is 1.41 bits per heavy atom. The number of benzene rings is 3. The van der Waals surface area contributed by atoms with Crippen molar-refractivity contribution in [2.45, 2.75) is 43.8 Å². The Kier molecular flexibility index (Phi) is 9.86. The number of rotatable bonds is 11. The highest BCUT2D eigenvalue weighted by Gasteiger charge is 2.33. The van der Waals surface area contributed by atoms with E-state index in [9.17, 15) is 18.0 Å². The van der Waals surface area contributed by atoms with Gasteiger partial charge in [-0.25, -0.2) is 8.42 Å². The van der Waals surface area contributed by atoms with Gasteiger partial charge in [-0.15, -0.1) is 0 Å². The standard InChI is InChI=1S/C28H32ClN3O4S/c1-21(2)30-28(34)26(18-22-10-6-4-7-11-22)32(19-23-12-8-5-9-13-23)27(33)20-31(3)37(35,36)25-16-14-24(29)15-17-25/h4-17,21,26H,18-20H2,1-3H3,(H,30,34). The van der Waals surface area contributed by atoms with Crippen molar-refractivity contribution in [2.75, 3.05) is 13.6 Å². The summed E-state index contributed by atoms with van der Waals surface area (Å²) < 4.78 is 27.3. The van der Waals surface area contributed by atoms with E-state index < -0.39 is 28.5 Å². The highest BCUT2D eigenvalue weighted by atomic mass is 35.5. The van der Waals surface area contributed by atoms with Gasteiger partial charge in [0.05, 0.1) is 11.4 Å². The van der Waals surface area contributed by atoms with Crippen LogP contribution in [0.3, 0.4) is 0 Å². The van der Waals surface area contributed by atoms with Crippen LogP contribution in [0.4, 0.5) is 0 Å². The van der Waals surface area contributed by atoms with Gasteiger partial charge in [-0.05, 0) is 49.2 Å². The van der Waals surface area contributed by atoms with Crippen LogP contribution in [-0.4, -0.2) is 55.1 Å². The lowest BCUT2D eigenvalue weighted by molar-refractivity contribution is -0.141. The lowest BCUT2D eigenvalue weighted by Crippen LogP contribution is -2.53. The highest BCUT2D eigenvalue weighted by molar-refractivity contribution is 7.89. The Balaban J connectivity index is 1.95. The van der Waals surface area contributed by atoms with Crippen LogP contribution in [-0.2, 0) is 32.6 Å². The molecule has 37 heavy (non-hydrogen) atoms. The van der Waals surface area contributed by atoms with Crippen molar-refractivity contribution in [3.63, 3.8) is 0 Å². The molecular weight excluding hydrogens is 510 g/mol. The molecule has 0 aliphatic carbocycles. The molecule has 0 aromatic heterocycles. The summed E-state index contributed by atoms with van der Waals surface area (Å²) >= 11 is 5.90. The normalized spacial score (nSPS) is 12.4. The van der Waals surface area contributed by atoms with Crippen LogP contribution in [0.2, 0.25) is 5.02 Å². The summed E-state index contributed by atoms with van der Waals surface area (Å²) in [5.41, 5.74) is 1.72. The van der Waals surface area contributed by atoms with Gasteiger partial charge in [0.2, 0.25) is 21.8 Å². The second kappa shape index (κ2) is 12.9. The summed E-state index contributed by atoms with van der Waals surface area (Å²) in [4.78, 5) is 28.6. The van der Waals surface area contributed by atoms with E-state index in [-0.39, 0.29) is 29.8 Å². The predicted octanol–water partition coefficient (Wildman–Crippen LogP) is 4.13. The molecule has 0 saturated heterocycles. The lowest BCUT2D eigenvalue weighted by Gasteiger charge is -2.33. The Bertz CT molecular complexity index is 1280. The maximum absolute atomic E-state index is 13.7. The summed E-state index contributed by atoms with van der Waals surface area (Å²) in [7, 11) is -2.60. The molecule has 2 amide bonds. The van der Waals surface area contributed by atoms with Gasteiger partial charge in [-0.1, -0.05) is 72.3 Å². The molecule has 0 spiro atoms. The van der Waals surface area contributed by atoms with Crippen molar-refractivity contribution in [2.24, 2.45) is 0 Å². The highest BCUT2D eigenvalue weighted by Crippen LogP contribution is 2.19. The van der Waals surface area contributed by atoms with E-state index in [1.165, 1.54) is 36.2 Å². The molecule has 1 unspecified atom stereocenters. The van der Waals surface area contributed by atoms with Gasteiger partial charge < -0.3 is 10.2 Å². The zero-order chi connectivity index (χ0) is 27.0. The molecule has 0 bridgehead atoms. The minimum absolute atomic E-state index is 0.0280. The number of halogens is 1. The lowest BCUT2D eigenvalue weighted by atomic mass is 10.0. The van der Waals surface area contributed by atoms with E-state index in [0.29, 0.717) is 5.02 Å². The minimum Gasteiger partial charge on any atom is -0.352 e. The van der Waals surface area contributed by atoms with Crippen LogP contribution in [0.15, 0.2) is 89.8 Å². The molecule has 7 nitrogen and oxygen atoms in total. The third kappa shape index (κ3) is 7.89. The predicted molar refractivity (Wildman–Crippen MR) is 145 cm³/mol. The number of carbonyl (C=O) groups is 2. The molecule has 0 saturated carbocycles. The fraction of sp³-hybridized carbons (Fsp3) is 0.286. The van der Waals surface area contributed by atoms with Crippen LogP contribution in [0, 0.1) is 0 Å². The molecule has 3 rings (SSSR count). The zero-order valence-electron chi connectivity index (χ0n) is 21.2. The van der Waals surface area contributed by atoms with Gasteiger partial charge in [0, 0.05) is 31.1 Å². The molecule has 3 aromatic carbocycles. The quantitative estimate of drug-likeness (QED) is 0.395. The summed E-state index contributed by atoms with van der Waals surface area (Å²) in [5.74, 6) is -0.782. The molecule has 0 aliphatic rings. The number of amides is 2. The largest absolute Gasteiger partial charge is 0.352 e. The van der Waals surface area contributed by atoms with Crippen molar-refractivity contribution >= 4 is 33.4 Å². The average molecular weight is 542 g/mol. The molecule has 9 heteroatoms. The fourth-order valence-electron chi connectivity index (χ4n) is 3.87. The van der Waals surface area contributed by atoms with Crippen LogP contribution in [0.5, 0.6) is 0 Å². The van der Waals surface area contributed by atoms with Crippen LogP contribution >= 0.6 is 11.6 Å². The monoisotopic (exact) mass is 541 g/mol. The number of hydrogen-bond donors (Lipinski definition) is 1. The van der Waals surface area contributed by atoms with Crippen molar-refractivity contribution < 1.29 is 18.0 Å². The molecule has 1 N–H and O–H groups in total. The number of nitrogens with zero attached hydrogens (tertiary/aromatic N) is 2. The molecule has 1 atom stereocenters. The molecule has 0 radical (unpaired) electrons. The number of carbonyl (C=O) groups excluding carboxylic acids is 2.